The molecule has 2 aliphatic heterocycles. The fourth-order valence-corrected chi connectivity index (χ4v) is 5.94. The second kappa shape index (κ2) is 8.52. The highest BCUT2D eigenvalue weighted by molar-refractivity contribution is 5.79. The predicted octanol–water partition coefficient (Wildman–Crippen LogP) is 6.54. The number of ether oxygens (including phenoxy) is 2. The van der Waals surface area contributed by atoms with E-state index in [0.717, 1.165) is 18.4 Å². The van der Waals surface area contributed by atoms with Crippen LogP contribution in [-0.4, -0.2) is 36.8 Å². The molecule has 2 heterocycles. The fraction of sp³-hybridized carbons (Fsp3) is 0.276. The molecule has 1 saturated heterocycles. The largest absolute Gasteiger partial charge is 0.491 e. The minimum absolute atomic E-state index is 0.00477. The van der Waals surface area contributed by atoms with Crippen LogP contribution in [0, 0.1) is 11.6 Å². The van der Waals surface area contributed by atoms with Crippen molar-refractivity contribution in [2.24, 2.45) is 0 Å². The molecular weight excluding hydrogens is 448 g/mol. The summed E-state index contributed by atoms with van der Waals surface area (Å²) in [6.45, 7) is 0.272. The molecule has 1 aliphatic carbocycles. The molecular formula is C29H25F2NO3. The number of fused-ring (bicyclic) bond motifs is 5. The summed E-state index contributed by atoms with van der Waals surface area (Å²) in [5.41, 5.74) is 6.07. The van der Waals surface area contributed by atoms with Crippen molar-refractivity contribution in [1.29, 1.82) is 0 Å². The van der Waals surface area contributed by atoms with Crippen molar-refractivity contribution in [3.8, 4) is 16.9 Å². The zero-order valence-corrected chi connectivity index (χ0v) is 19.3. The average molecular weight is 474 g/mol. The number of hydrogen-bond donors (Lipinski definition) is 0. The molecule has 6 heteroatoms. The van der Waals surface area contributed by atoms with Gasteiger partial charge in [-0.3, -0.25) is 4.90 Å². The fourth-order valence-electron chi connectivity index (χ4n) is 5.94. The van der Waals surface area contributed by atoms with Crippen molar-refractivity contribution in [1.82, 2.24) is 4.90 Å². The molecule has 0 N–H and O–H groups in total. The highest BCUT2D eigenvalue weighted by Gasteiger charge is 2.41. The van der Waals surface area contributed by atoms with Crippen LogP contribution >= 0.6 is 0 Å². The van der Waals surface area contributed by atoms with Gasteiger partial charge in [0.1, 0.15) is 6.61 Å². The maximum absolute atomic E-state index is 14.3. The third-order valence-electron chi connectivity index (χ3n) is 7.52. The van der Waals surface area contributed by atoms with Crippen molar-refractivity contribution in [3.05, 3.63) is 95.1 Å². The number of hydrogen-bond acceptors (Lipinski definition) is 3. The summed E-state index contributed by atoms with van der Waals surface area (Å²) in [5.74, 6) is -1.83. The van der Waals surface area contributed by atoms with E-state index in [2.05, 4.69) is 24.3 Å². The Hall–Kier alpha value is -3.67. The van der Waals surface area contributed by atoms with Crippen LogP contribution in [-0.2, 0) is 4.74 Å². The molecule has 3 aromatic rings. The highest BCUT2D eigenvalue weighted by atomic mass is 19.1. The molecule has 1 amide bonds. The Morgan fingerprint density at radius 1 is 0.971 bits per heavy atom. The van der Waals surface area contributed by atoms with Gasteiger partial charge < -0.3 is 9.47 Å². The molecule has 2 unspecified atom stereocenters. The van der Waals surface area contributed by atoms with Gasteiger partial charge in [-0.2, -0.15) is 0 Å². The summed E-state index contributed by atoms with van der Waals surface area (Å²) < 4.78 is 39.2. The second-order valence-electron chi connectivity index (χ2n) is 9.38. The van der Waals surface area contributed by atoms with Gasteiger partial charge in [-0.05, 0) is 64.8 Å². The molecule has 35 heavy (non-hydrogen) atoms. The quantitative estimate of drug-likeness (QED) is 0.432. The van der Waals surface area contributed by atoms with E-state index in [-0.39, 0.29) is 36.5 Å². The summed E-state index contributed by atoms with van der Waals surface area (Å²) in [6.07, 6.45) is 3.79. The van der Waals surface area contributed by atoms with Crippen molar-refractivity contribution >= 4 is 11.7 Å². The van der Waals surface area contributed by atoms with E-state index in [4.69, 9.17) is 9.47 Å². The standard InChI is InChI=1S/C29H25F2NO3/c1-34-28-26(30)14-18(15-27(28)31)17-12-19-10-11-20(13-17)32(19)29(33)35-16-25-23-8-4-2-6-21(23)22-7-3-5-9-24(22)25/h2-9,12,14-15,19-20,25H,10-11,13,16H2,1H3. The van der Waals surface area contributed by atoms with Gasteiger partial charge in [-0.25, -0.2) is 13.6 Å². The molecule has 3 aliphatic rings. The molecule has 1 fully saturated rings. The van der Waals surface area contributed by atoms with E-state index in [0.29, 0.717) is 12.0 Å². The maximum atomic E-state index is 14.3. The normalized spacial score (nSPS) is 20.3. The summed E-state index contributed by atoms with van der Waals surface area (Å²) in [4.78, 5) is 15.0. The minimum atomic E-state index is -0.727. The summed E-state index contributed by atoms with van der Waals surface area (Å²) in [6, 6.07) is 18.9. The Bertz CT molecular complexity index is 1280. The van der Waals surface area contributed by atoms with Crippen LogP contribution < -0.4 is 4.74 Å². The van der Waals surface area contributed by atoms with Crippen molar-refractivity contribution in [2.75, 3.05) is 13.7 Å². The first-order valence-corrected chi connectivity index (χ1v) is 11.9. The van der Waals surface area contributed by atoms with Crippen LogP contribution in [0.25, 0.3) is 16.7 Å². The van der Waals surface area contributed by atoms with Crippen LogP contribution in [0.2, 0.25) is 0 Å². The molecule has 178 valence electrons. The minimum Gasteiger partial charge on any atom is -0.491 e. The molecule has 0 aromatic heterocycles. The second-order valence-corrected chi connectivity index (χ2v) is 9.38. The van der Waals surface area contributed by atoms with Gasteiger partial charge in [0.25, 0.3) is 0 Å². The van der Waals surface area contributed by atoms with Crippen LogP contribution in [0.4, 0.5) is 13.6 Å². The van der Waals surface area contributed by atoms with Gasteiger partial charge in [0.15, 0.2) is 17.4 Å². The lowest BCUT2D eigenvalue weighted by molar-refractivity contribution is 0.0866. The first-order chi connectivity index (χ1) is 17.0. The third-order valence-corrected chi connectivity index (χ3v) is 7.52. The first-order valence-electron chi connectivity index (χ1n) is 11.9. The van der Waals surface area contributed by atoms with E-state index in [1.807, 2.05) is 30.3 Å². The number of carbonyl (C=O) groups is 1. The van der Waals surface area contributed by atoms with Gasteiger partial charge in [-0.1, -0.05) is 54.6 Å². The maximum Gasteiger partial charge on any atom is 0.410 e. The van der Waals surface area contributed by atoms with Crippen LogP contribution in [0.3, 0.4) is 0 Å². The number of carbonyl (C=O) groups excluding carboxylic acids is 1. The Labute approximate surface area is 202 Å². The molecule has 0 saturated carbocycles. The van der Waals surface area contributed by atoms with E-state index < -0.39 is 11.6 Å². The van der Waals surface area contributed by atoms with Gasteiger partial charge in [-0.15, -0.1) is 0 Å². The van der Waals surface area contributed by atoms with Crippen LogP contribution in [0.5, 0.6) is 5.75 Å². The lowest BCUT2D eigenvalue weighted by atomic mass is 9.94. The monoisotopic (exact) mass is 473 g/mol. The van der Waals surface area contributed by atoms with Gasteiger partial charge in [0.05, 0.1) is 13.2 Å². The Morgan fingerprint density at radius 2 is 1.60 bits per heavy atom. The third kappa shape index (κ3) is 3.59. The van der Waals surface area contributed by atoms with Crippen LogP contribution in [0.1, 0.15) is 41.9 Å². The number of rotatable bonds is 4. The molecule has 3 aromatic carbocycles. The number of halogens is 2. The van der Waals surface area contributed by atoms with E-state index in [1.54, 1.807) is 4.90 Å². The Kier molecular flexibility index (Phi) is 5.32. The lowest BCUT2D eigenvalue weighted by Gasteiger charge is -2.33. The molecule has 2 bridgehead atoms. The Morgan fingerprint density at radius 3 is 2.20 bits per heavy atom. The van der Waals surface area contributed by atoms with Crippen molar-refractivity contribution in [3.63, 3.8) is 0 Å². The predicted molar refractivity (Wildman–Crippen MR) is 129 cm³/mol. The summed E-state index contributed by atoms with van der Waals surface area (Å²) in [7, 11) is 1.24. The van der Waals surface area contributed by atoms with Gasteiger partial charge in [0, 0.05) is 12.0 Å². The number of amides is 1. The van der Waals surface area contributed by atoms with Gasteiger partial charge in [0.2, 0.25) is 0 Å². The number of nitrogens with zero attached hydrogens (tertiary/aromatic N) is 1. The molecule has 2 atom stereocenters. The molecule has 6 rings (SSSR count). The summed E-state index contributed by atoms with van der Waals surface area (Å²) in [5, 5.41) is 0. The number of methoxy groups -OCH3 is 1. The number of benzene rings is 3. The topological polar surface area (TPSA) is 38.8 Å². The van der Waals surface area contributed by atoms with Gasteiger partial charge >= 0.3 is 6.09 Å². The van der Waals surface area contributed by atoms with Crippen molar-refractivity contribution in [2.45, 2.75) is 37.3 Å². The van der Waals surface area contributed by atoms with E-state index >= 15 is 0 Å². The smallest absolute Gasteiger partial charge is 0.410 e. The molecule has 0 spiro atoms. The zero-order chi connectivity index (χ0) is 24.1. The van der Waals surface area contributed by atoms with Crippen molar-refractivity contribution < 1.29 is 23.0 Å². The lowest BCUT2D eigenvalue weighted by Crippen LogP contribution is -2.43. The highest BCUT2D eigenvalue weighted by Crippen LogP contribution is 2.45. The van der Waals surface area contributed by atoms with Crippen LogP contribution in [0.15, 0.2) is 66.7 Å². The van der Waals surface area contributed by atoms with E-state index in [9.17, 15) is 13.6 Å². The zero-order valence-electron chi connectivity index (χ0n) is 19.3. The molecule has 0 radical (unpaired) electrons. The summed E-state index contributed by atoms with van der Waals surface area (Å²) >= 11 is 0. The SMILES string of the molecule is COc1c(F)cc(C2=CC3CCC(C2)N3C(=O)OCC2c3ccccc3-c3ccccc32)cc1F. The first kappa shape index (κ1) is 21.8. The molecule has 4 nitrogen and oxygen atoms in total. The Balaban J connectivity index is 1.20. The van der Waals surface area contributed by atoms with E-state index in [1.165, 1.54) is 41.5 Å². The average Bonchev–Trinajstić information content (AvgIpc) is 3.33.